The third-order valence-electron chi connectivity index (χ3n) is 8.27. The van der Waals surface area contributed by atoms with Gasteiger partial charge in [0.25, 0.3) is 0 Å². The molecule has 0 fully saturated rings. The van der Waals surface area contributed by atoms with Crippen LogP contribution in [-0.4, -0.2) is 16.9 Å². The number of hydrogen-bond acceptors (Lipinski definition) is 2. The molecule has 0 saturated heterocycles. The highest BCUT2D eigenvalue weighted by Gasteiger charge is 2.50. The van der Waals surface area contributed by atoms with Crippen LogP contribution >= 0.6 is 0 Å². The van der Waals surface area contributed by atoms with Crippen LogP contribution in [0.15, 0.2) is 176 Å². The zero-order valence-corrected chi connectivity index (χ0v) is 23.5. The Balaban J connectivity index is 1.73. The van der Waals surface area contributed by atoms with Crippen molar-refractivity contribution in [1.82, 2.24) is 0 Å². The van der Waals surface area contributed by atoms with Crippen molar-refractivity contribution in [3.63, 3.8) is 0 Å². The maximum absolute atomic E-state index is 15.6. The molecule has 208 valence electrons. The normalized spacial score (nSPS) is 11.5. The number of rotatable bonds is 9. The molecule has 0 unspecified atom stereocenters. The van der Waals surface area contributed by atoms with E-state index in [1.807, 2.05) is 164 Å². The van der Waals surface area contributed by atoms with E-state index in [1.54, 1.807) is 12.1 Å². The van der Waals surface area contributed by atoms with Gasteiger partial charge in [0, 0.05) is 5.56 Å². The Labute approximate surface area is 251 Å². The molecule has 0 bridgehead atoms. The second-order valence-electron chi connectivity index (χ2n) is 10.5. The van der Waals surface area contributed by atoms with E-state index in [-0.39, 0.29) is 5.78 Å². The van der Waals surface area contributed by atoms with Crippen LogP contribution in [0.4, 0.5) is 0 Å². The molecule has 43 heavy (non-hydrogen) atoms. The molecule has 0 radical (unpaired) electrons. The predicted molar refractivity (Wildman–Crippen MR) is 170 cm³/mol. The average Bonchev–Trinajstić information content (AvgIpc) is 3.08. The third-order valence-corrected chi connectivity index (χ3v) is 8.27. The summed E-state index contributed by atoms with van der Waals surface area (Å²) in [5.41, 5.74) is 1.39. The van der Waals surface area contributed by atoms with Gasteiger partial charge in [-0.05, 0) is 33.4 Å². The first-order chi connectivity index (χ1) is 21.1. The lowest BCUT2D eigenvalue weighted by molar-refractivity contribution is -0.140. The van der Waals surface area contributed by atoms with Crippen molar-refractivity contribution in [2.24, 2.45) is 0 Å². The molecule has 0 aromatic heterocycles. The first-order valence-electron chi connectivity index (χ1n) is 14.3. The zero-order valence-electron chi connectivity index (χ0n) is 23.5. The number of carboxylic acid groups (broad SMARTS) is 1. The maximum Gasteiger partial charge on any atom is 0.323 e. The summed E-state index contributed by atoms with van der Waals surface area (Å²) in [4.78, 5) is 29.4. The molecular formula is C40H30O3. The number of benzene rings is 6. The van der Waals surface area contributed by atoms with Crippen LogP contribution in [0.2, 0.25) is 0 Å². The summed E-state index contributed by atoms with van der Waals surface area (Å²) < 4.78 is 0. The fourth-order valence-electron chi connectivity index (χ4n) is 6.38. The average molecular weight is 559 g/mol. The van der Waals surface area contributed by atoms with E-state index < -0.39 is 16.8 Å². The molecule has 3 nitrogen and oxygen atoms in total. The fraction of sp³-hybridized carbons (Fsp3) is 0.0500. The third kappa shape index (κ3) is 4.56. The van der Waals surface area contributed by atoms with Crippen LogP contribution < -0.4 is 0 Å². The minimum absolute atomic E-state index is 0.204. The van der Waals surface area contributed by atoms with Gasteiger partial charge in [-0.25, -0.2) is 0 Å². The van der Waals surface area contributed by atoms with E-state index in [4.69, 9.17) is 0 Å². The fourth-order valence-corrected chi connectivity index (χ4v) is 6.38. The Bertz CT molecular complexity index is 1700. The van der Waals surface area contributed by atoms with Crippen molar-refractivity contribution in [3.05, 3.63) is 215 Å². The molecule has 6 rings (SSSR count). The molecule has 0 aliphatic rings. The van der Waals surface area contributed by atoms with Crippen molar-refractivity contribution < 1.29 is 14.7 Å². The molecule has 6 aromatic rings. The summed E-state index contributed by atoms with van der Waals surface area (Å²) in [6.45, 7) is 0. The van der Waals surface area contributed by atoms with Crippen molar-refractivity contribution in [1.29, 1.82) is 0 Å². The van der Waals surface area contributed by atoms with Gasteiger partial charge < -0.3 is 5.11 Å². The predicted octanol–water partition coefficient (Wildman–Crippen LogP) is 8.32. The molecule has 0 heterocycles. The Morgan fingerprint density at radius 2 is 0.651 bits per heavy atom. The molecule has 3 heteroatoms. The van der Waals surface area contributed by atoms with Crippen molar-refractivity contribution in [2.45, 2.75) is 10.8 Å². The van der Waals surface area contributed by atoms with E-state index in [0.29, 0.717) is 22.3 Å². The molecule has 0 amide bonds. The topological polar surface area (TPSA) is 54.4 Å². The minimum atomic E-state index is -1.65. The lowest BCUT2D eigenvalue weighted by Gasteiger charge is -2.38. The van der Waals surface area contributed by atoms with Gasteiger partial charge in [0.1, 0.15) is 10.8 Å². The Kier molecular flexibility index (Phi) is 7.55. The van der Waals surface area contributed by atoms with Crippen molar-refractivity contribution in [2.75, 3.05) is 0 Å². The highest BCUT2D eigenvalue weighted by molar-refractivity contribution is 6.11. The van der Waals surface area contributed by atoms with Gasteiger partial charge in [0.05, 0.1) is 0 Å². The first-order valence-corrected chi connectivity index (χ1v) is 14.3. The summed E-state index contributed by atoms with van der Waals surface area (Å²) in [5.74, 6) is -1.26. The Morgan fingerprint density at radius 3 is 0.977 bits per heavy atom. The summed E-state index contributed by atoms with van der Waals surface area (Å²) in [5, 5.41) is 11.2. The number of carbonyl (C=O) groups excluding carboxylic acids is 1. The van der Waals surface area contributed by atoms with Crippen LogP contribution in [-0.2, 0) is 15.6 Å². The van der Waals surface area contributed by atoms with E-state index in [0.717, 1.165) is 16.7 Å². The maximum atomic E-state index is 15.6. The lowest BCUT2D eigenvalue weighted by Crippen LogP contribution is -2.43. The summed E-state index contributed by atoms with van der Waals surface area (Å²) in [6.07, 6.45) is 0. The van der Waals surface area contributed by atoms with Gasteiger partial charge in [-0.3, -0.25) is 9.59 Å². The quantitative estimate of drug-likeness (QED) is 0.143. The van der Waals surface area contributed by atoms with Crippen LogP contribution in [0.25, 0.3) is 0 Å². The molecule has 0 saturated carbocycles. The van der Waals surface area contributed by atoms with Crippen LogP contribution in [0.1, 0.15) is 43.7 Å². The smallest absolute Gasteiger partial charge is 0.323 e. The number of carbonyl (C=O) groups is 2. The van der Waals surface area contributed by atoms with E-state index in [2.05, 4.69) is 0 Å². The summed E-state index contributed by atoms with van der Waals surface area (Å²) >= 11 is 0. The Hall–Kier alpha value is -5.54. The van der Waals surface area contributed by atoms with Crippen molar-refractivity contribution >= 4 is 11.8 Å². The number of hydrogen-bond donors (Lipinski definition) is 1. The van der Waals surface area contributed by atoms with Gasteiger partial charge in [-0.15, -0.1) is 0 Å². The summed E-state index contributed by atoms with van der Waals surface area (Å²) in [6, 6.07) is 54.8. The monoisotopic (exact) mass is 558 g/mol. The molecule has 0 aliphatic heterocycles. The number of aliphatic carboxylic acids is 1. The Morgan fingerprint density at radius 1 is 0.372 bits per heavy atom. The SMILES string of the molecule is O=C(c1ccccc1C(C(=O)O)(c1ccccc1)c1ccccc1)C(c1ccccc1)(c1ccccc1)c1ccccc1. The highest BCUT2D eigenvalue weighted by Crippen LogP contribution is 2.46. The molecule has 0 atom stereocenters. The van der Waals surface area contributed by atoms with Crippen LogP contribution in [0.3, 0.4) is 0 Å². The number of Topliss-reactive ketones (excluding diaryl/α,β-unsaturated/α-hetero) is 1. The molecule has 6 aromatic carbocycles. The highest BCUT2D eigenvalue weighted by atomic mass is 16.4. The number of carboxylic acids is 1. The molecule has 1 N–H and O–H groups in total. The second-order valence-corrected chi connectivity index (χ2v) is 10.5. The molecule has 0 spiro atoms. The van der Waals surface area contributed by atoms with E-state index in [1.165, 1.54) is 0 Å². The van der Waals surface area contributed by atoms with Crippen molar-refractivity contribution in [3.8, 4) is 0 Å². The zero-order chi connectivity index (χ0) is 29.7. The van der Waals surface area contributed by atoms with Gasteiger partial charge in [-0.1, -0.05) is 176 Å². The largest absolute Gasteiger partial charge is 0.480 e. The van der Waals surface area contributed by atoms with E-state index >= 15 is 4.79 Å². The van der Waals surface area contributed by atoms with Gasteiger partial charge in [-0.2, -0.15) is 0 Å². The van der Waals surface area contributed by atoms with Gasteiger partial charge in [0.15, 0.2) is 5.78 Å². The molecule has 0 aliphatic carbocycles. The lowest BCUT2D eigenvalue weighted by atomic mass is 9.62. The van der Waals surface area contributed by atoms with Crippen LogP contribution in [0.5, 0.6) is 0 Å². The summed E-state index contributed by atoms with van der Waals surface area (Å²) in [7, 11) is 0. The minimum Gasteiger partial charge on any atom is -0.480 e. The second kappa shape index (κ2) is 11.8. The molecular weight excluding hydrogens is 528 g/mol. The van der Waals surface area contributed by atoms with Gasteiger partial charge in [0.2, 0.25) is 0 Å². The number of ketones is 1. The van der Waals surface area contributed by atoms with Gasteiger partial charge >= 0.3 is 5.97 Å². The first kappa shape index (κ1) is 27.6. The van der Waals surface area contributed by atoms with E-state index in [9.17, 15) is 9.90 Å². The standard InChI is InChI=1S/C40H30O3/c41-37(39(30-18-6-1-7-19-30,31-20-8-2-9-21-31)32-22-10-3-11-23-32)35-28-16-17-29-36(35)40(38(42)43,33-24-12-4-13-25-33)34-26-14-5-15-27-34/h1-29H,(H,42,43). The van der Waals surface area contributed by atoms with Crippen LogP contribution in [0, 0.1) is 0 Å².